The average Bonchev–Trinajstić information content (AvgIpc) is 2.53. The molecule has 126 valence electrons. The van der Waals surface area contributed by atoms with E-state index >= 15 is 0 Å². The number of nitrogens with zero attached hydrogens (tertiary/aromatic N) is 1. The van der Waals surface area contributed by atoms with Gasteiger partial charge in [0.1, 0.15) is 0 Å². The molecule has 0 spiro atoms. The van der Waals surface area contributed by atoms with E-state index in [2.05, 4.69) is 4.74 Å². The molecular weight excluding hydrogens is 346 g/mol. The van der Waals surface area contributed by atoms with Crippen LogP contribution in [-0.4, -0.2) is 50.0 Å². The first-order valence-corrected chi connectivity index (χ1v) is 8.70. The zero-order chi connectivity index (χ0) is 17.2. The Labute approximate surface area is 138 Å². The van der Waals surface area contributed by atoms with E-state index in [9.17, 15) is 18.0 Å². The van der Waals surface area contributed by atoms with E-state index in [1.54, 1.807) is 0 Å². The van der Waals surface area contributed by atoms with Gasteiger partial charge in [-0.15, -0.1) is 0 Å². The summed E-state index contributed by atoms with van der Waals surface area (Å²) in [6, 6.07) is 3.81. The quantitative estimate of drug-likeness (QED) is 0.817. The van der Waals surface area contributed by atoms with Gasteiger partial charge in [0.05, 0.1) is 23.5 Å². The number of esters is 1. The molecule has 1 aliphatic heterocycles. The first-order chi connectivity index (χ1) is 10.8. The second-order valence-electron chi connectivity index (χ2n) is 5.17. The first kappa shape index (κ1) is 17.7. The summed E-state index contributed by atoms with van der Waals surface area (Å²) in [5, 5.41) is 9.30. The fourth-order valence-electron chi connectivity index (χ4n) is 2.50. The van der Waals surface area contributed by atoms with Gasteiger partial charge in [-0.1, -0.05) is 11.6 Å². The summed E-state index contributed by atoms with van der Waals surface area (Å²) in [6.45, 7) is 0.0796. The molecule has 1 heterocycles. The molecule has 1 saturated heterocycles. The van der Waals surface area contributed by atoms with Crippen LogP contribution in [0.3, 0.4) is 0 Å². The van der Waals surface area contributed by atoms with Crippen molar-refractivity contribution < 1.29 is 27.9 Å². The third-order valence-corrected chi connectivity index (χ3v) is 5.86. The van der Waals surface area contributed by atoms with Crippen molar-refractivity contribution in [1.29, 1.82) is 0 Å². The number of halogens is 1. The van der Waals surface area contributed by atoms with Crippen LogP contribution in [0.15, 0.2) is 23.1 Å². The molecule has 1 unspecified atom stereocenters. The minimum absolute atomic E-state index is 0.124. The Bertz CT molecular complexity index is 733. The number of hydrogen-bond donors (Lipinski definition) is 1. The van der Waals surface area contributed by atoms with Gasteiger partial charge in [0.25, 0.3) is 0 Å². The lowest BCUT2D eigenvalue weighted by Gasteiger charge is -2.30. The summed E-state index contributed by atoms with van der Waals surface area (Å²) in [5.74, 6) is -2.61. The highest BCUT2D eigenvalue weighted by atomic mass is 35.5. The van der Waals surface area contributed by atoms with Crippen LogP contribution in [0.5, 0.6) is 0 Å². The van der Waals surface area contributed by atoms with Gasteiger partial charge in [-0.05, 0) is 31.0 Å². The van der Waals surface area contributed by atoms with Crippen LogP contribution in [0.4, 0.5) is 0 Å². The first-order valence-electron chi connectivity index (χ1n) is 6.88. The molecule has 9 heteroatoms. The Morgan fingerprint density at radius 1 is 1.39 bits per heavy atom. The van der Waals surface area contributed by atoms with E-state index in [1.807, 2.05) is 0 Å². The number of sulfonamides is 1. The number of rotatable bonds is 4. The van der Waals surface area contributed by atoms with Crippen molar-refractivity contribution in [3.63, 3.8) is 0 Å². The second kappa shape index (κ2) is 6.86. The van der Waals surface area contributed by atoms with Crippen molar-refractivity contribution in [2.75, 3.05) is 20.2 Å². The third-order valence-electron chi connectivity index (χ3n) is 3.70. The Balaban J connectivity index is 2.43. The number of benzene rings is 1. The monoisotopic (exact) mass is 361 g/mol. The van der Waals surface area contributed by atoms with Gasteiger partial charge in [-0.2, -0.15) is 4.31 Å². The van der Waals surface area contributed by atoms with Crippen molar-refractivity contribution in [3.8, 4) is 0 Å². The largest absolute Gasteiger partial charge is 0.481 e. The number of carboxylic acids is 1. The molecule has 0 amide bonds. The van der Waals surface area contributed by atoms with E-state index in [0.29, 0.717) is 12.8 Å². The smallest absolute Gasteiger partial charge is 0.339 e. The van der Waals surface area contributed by atoms with Gasteiger partial charge in [-0.3, -0.25) is 4.79 Å². The number of ether oxygens (including phenoxy) is 1. The van der Waals surface area contributed by atoms with Crippen molar-refractivity contribution in [2.45, 2.75) is 17.7 Å². The normalized spacial score (nSPS) is 19.3. The maximum absolute atomic E-state index is 12.8. The number of carbonyl (C=O) groups is 2. The molecule has 1 aliphatic rings. The van der Waals surface area contributed by atoms with Crippen molar-refractivity contribution in [3.05, 3.63) is 28.8 Å². The summed E-state index contributed by atoms with van der Waals surface area (Å²) < 4.78 is 31.3. The predicted molar refractivity (Wildman–Crippen MR) is 81.9 cm³/mol. The fourth-order valence-corrected chi connectivity index (χ4v) is 4.35. The van der Waals surface area contributed by atoms with Gasteiger partial charge in [0.2, 0.25) is 10.0 Å². The molecule has 7 nitrogen and oxygen atoms in total. The summed E-state index contributed by atoms with van der Waals surface area (Å²) in [6.07, 6.45) is 0.864. The van der Waals surface area contributed by atoms with Crippen molar-refractivity contribution in [1.82, 2.24) is 4.31 Å². The lowest BCUT2D eigenvalue weighted by atomic mass is 10.0. The lowest BCUT2D eigenvalue weighted by Crippen LogP contribution is -2.42. The van der Waals surface area contributed by atoms with Crippen LogP contribution in [0.25, 0.3) is 0 Å². The maximum Gasteiger partial charge on any atom is 0.339 e. The second-order valence-corrected chi connectivity index (χ2v) is 7.52. The number of aliphatic carboxylic acids is 1. The van der Waals surface area contributed by atoms with E-state index in [1.165, 1.54) is 18.2 Å². The molecule has 0 radical (unpaired) electrons. The van der Waals surface area contributed by atoms with Crippen molar-refractivity contribution >= 4 is 33.6 Å². The molecule has 0 bridgehead atoms. The van der Waals surface area contributed by atoms with Gasteiger partial charge < -0.3 is 9.84 Å². The summed E-state index contributed by atoms with van der Waals surface area (Å²) in [5.41, 5.74) is -0.169. The molecule has 1 aromatic rings. The fraction of sp³-hybridized carbons (Fsp3) is 0.429. The zero-order valence-corrected chi connectivity index (χ0v) is 13.9. The Morgan fingerprint density at radius 2 is 2.09 bits per heavy atom. The van der Waals surface area contributed by atoms with E-state index < -0.39 is 27.9 Å². The van der Waals surface area contributed by atoms with Crippen LogP contribution >= 0.6 is 11.6 Å². The number of carboxylic acid groups (broad SMARTS) is 1. The molecular formula is C14H16ClNO6S. The summed E-state index contributed by atoms with van der Waals surface area (Å²) in [4.78, 5) is 22.7. The minimum atomic E-state index is -4.02. The van der Waals surface area contributed by atoms with Crippen LogP contribution in [0.2, 0.25) is 5.02 Å². The van der Waals surface area contributed by atoms with E-state index in [-0.39, 0.29) is 28.6 Å². The molecule has 1 aromatic carbocycles. The lowest BCUT2D eigenvalue weighted by molar-refractivity contribution is -0.142. The highest BCUT2D eigenvalue weighted by Gasteiger charge is 2.35. The highest BCUT2D eigenvalue weighted by molar-refractivity contribution is 7.89. The Hall–Kier alpha value is -1.64. The van der Waals surface area contributed by atoms with Crippen molar-refractivity contribution in [2.24, 2.45) is 5.92 Å². The molecule has 1 fully saturated rings. The number of hydrogen-bond acceptors (Lipinski definition) is 5. The van der Waals surface area contributed by atoms with Crippen LogP contribution in [0.1, 0.15) is 23.2 Å². The number of piperidine rings is 1. The van der Waals surface area contributed by atoms with E-state index in [0.717, 1.165) is 11.4 Å². The minimum Gasteiger partial charge on any atom is -0.481 e. The molecule has 0 aromatic heterocycles. The van der Waals surface area contributed by atoms with Gasteiger partial charge in [0, 0.05) is 18.1 Å². The summed E-state index contributed by atoms with van der Waals surface area (Å²) in [7, 11) is -2.88. The van der Waals surface area contributed by atoms with Crippen LogP contribution in [0, 0.1) is 5.92 Å². The molecule has 0 aliphatic carbocycles. The SMILES string of the molecule is COC(=O)c1cc(Cl)ccc1S(=O)(=O)N1CCCC(C(=O)O)C1. The molecule has 1 atom stereocenters. The number of carbonyl (C=O) groups excluding carboxylic acids is 1. The predicted octanol–water partition coefficient (Wildman–Crippen LogP) is 1.61. The van der Waals surface area contributed by atoms with Gasteiger partial charge >= 0.3 is 11.9 Å². The Kier molecular flexibility index (Phi) is 5.28. The Morgan fingerprint density at radius 3 is 2.70 bits per heavy atom. The summed E-state index contributed by atoms with van der Waals surface area (Å²) >= 11 is 5.82. The topological polar surface area (TPSA) is 101 Å². The maximum atomic E-state index is 12.8. The molecule has 2 rings (SSSR count). The van der Waals surface area contributed by atoms with Gasteiger partial charge in [0.15, 0.2) is 0 Å². The van der Waals surface area contributed by atoms with Crippen LogP contribution in [-0.2, 0) is 19.6 Å². The zero-order valence-electron chi connectivity index (χ0n) is 12.4. The van der Waals surface area contributed by atoms with Gasteiger partial charge in [-0.25, -0.2) is 13.2 Å². The van der Waals surface area contributed by atoms with E-state index in [4.69, 9.17) is 16.7 Å². The highest BCUT2D eigenvalue weighted by Crippen LogP contribution is 2.28. The van der Waals surface area contributed by atoms with Crippen LogP contribution < -0.4 is 0 Å². The third kappa shape index (κ3) is 3.65. The number of methoxy groups -OCH3 is 1. The average molecular weight is 362 g/mol. The molecule has 0 saturated carbocycles. The molecule has 23 heavy (non-hydrogen) atoms. The molecule has 1 N–H and O–H groups in total. The standard InChI is InChI=1S/C14H16ClNO6S/c1-22-14(19)11-7-10(15)4-5-12(11)23(20,21)16-6-2-3-9(8-16)13(17)18/h4-5,7,9H,2-3,6,8H2,1H3,(H,17,18).